The lowest BCUT2D eigenvalue weighted by Crippen LogP contribution is -2.38. The van der Waals surface area contributed by atoms with E-state index in [0.29, 0.717) is 24.8 Å². The Balaban J connectivity index is 2.43. The molecule has 0 aromatic carbocycles. The molecule has 0 aromatic heterocycles. The maximum atomic E-state index is 11.8. The smallest absolute Gasteiger partial charge is 0.211 e. The number of nitrogens with one attached hydrogen (secondary N) is 1. The fourth-order valence-corrected chi connectivity index (χ4v) is 4.02. The molecule has 102 valence electrons. The van der Waals surface area contributed by atoms with Gasteiger partial charge in [0, 0.05) is 12.4 Å². The zero-order chi connectivity index (χ0) is 12.9. The highest BCUT2D eigenvalue weighted by molar-refractivity contribution is 7.89. The summed E-state index contributed by atoms with van der Waals surface area (Å²) in [5.74, 6) is 1.20. The molecule has 0 radical (unpaired) electrons. The van der Waals surface area contributed by atoms with E-state index >= 15 is 0 Å². The number of sulfonamides is 1. The minimum Gasteiger partial charge on any atom is -0.215 e. The zero-order valence-electron chi connectivity index (χ0n) is 10.8. The fraction of sp³-hybridized carbons (Fsp3) is 1.00. The molecule has 0 saturated heterocycles. The summed E-state index contributed by atoms with van der Waals surface area (Å²) in [5.41, 5.74) is 0.00641. The molecule has 0 spiro atoms. The van der Waals surface area contributed by atoms with E-state index in [2.05, 4.69) is 4.72 Å². The van der Waals surface area contributed by atoms with Gasteiger partial charge in [-0.15, -0.1) is 11.6 Å². The number of halogens is 1. The molecular formula is C12H24ClNO2S. The van der Waals surface area contributed by atoms with Crippen LogP contribution in [0.2, 0.25) is 0 Å². The third-order valence-corrected chi connectivity index (χ3v) is 5.50. The summed E-state index contributed by atoms with van der Waals surface area (Å²) < 4.78 is 26.3. The van der Waals surface area contributed by atoms with Crippen molar-refractivity contribution in [3.05, 3.63) is 0 Å². The van der Waals surface area contributed by atoms with Crippen LogP contribution in [0.1, 0.15) is 46.0 Å². The van der Waals surface area contributed by atoms with Gasteiger partial charge in [-0.3, -0.25) is 0 Å². The van der Waals surface area contributed by atoms with Crippen molar-refractivity contribution in [1.82, 2.24) is 4.72 Å². The van der Waals surface area contributed by atoms with Gasteiger partial charge in [0.25, 0.3) is 0 Å². The Labute approximate surface area is 110 Å². The Hall–Kier alpha value is 0.200. The van der Waals surface area contributed by atoms with Gasteiger partial charge in [0.1, 0.15) is 0 Å². The molecular weight excluding hydrogens is 258 g/mol. The van der Waals surface area contributed by atoms with Crippen LogP contribution in [0, 0.1) is 11.3 Å². The lowest BCUT2D eigenvalue weighted by atomic mass is 9.89. The average Bonchev–Trinajstić information content (AvgIpc) is 2.74. The molecule has 0 bridgehead atoms. The Morgan fingerprint density at radius 2 is 1.88 bits per heavy atom. The highest BCUT2D eigenvalue weighted by atomic mass is 35.5. The van der Waals surface area contributed by atoms with Crippen LogP contribution in [0.5, 0.6) is 0 Å². The Morgan fingerprint density at radius 3 is 2.35 bits per heavy atom. The predicted octanol–water partition coefficient (Wildman–Crippen LogP) is 2.75. The summed E-state index contributed by atoms with van der Waals surface area (Å²) in [6.45, 7) is 4.58. The van der Waals surface area contributed by atoms with Crippen molar-refractivity contribution in [2.45, 2.75) is 46.0 Å². The molecule has 0 unspecified atom stereocenters. The summed E-state index contributed by atoms with van der Waals surface area (Å²) in [6, 6.07) is 0. The van der Waals surface area contributed by atoms with Gasteiger partial charge >= 0.3 is 0 Å². The van der Waals surface area contributed by atoms with Crippen LogP contribution in [0.15, 0.2) is 0 Å². The van der Waals surface area contributed by atoms with Gasteiger partial charge in [0.2, 0.25) is 10.0 Å². The second-order valence-corrected chi connectivity index (χ2v) is 7.86. The highest BCUT2D eigenvalue weighted by Crippen LogP contribution is 2.38. The highest BCUT2D eigenvalue weighted by Gasteiger charge is 2.33. The van der Waals surface area contributed by atoms with Gasteiger partial charge in [-0.1, -0.05) is 26.7 Å². The van der Waals surface area contributed by atoms with E-state index in [4.69, 9.17) is 11.6 Å². The van der Waals surface area contributed by atoms with E-state index in [9.17, 15) is 8.42 Å². The molecule has 1 rings (SSSR count). The maximum absolute atomic E-state index is 11.8. The Bertz CT molecular complexity index is 321. The second kappa shape index (κ2) is 6.39. The molecule has 3 nitrogen and oxygen atoms in total. The van der Waals surface area contributed by atoms with Crippen molar-refractivity contribution >= 4 is 21.6 Å². The molecule has 1 saturated carbocycles. The topological polar surface area (TPSA) is 46.2 Å². The molecule has 0 amide bonds. The first kappa shape index (κ1) is 15.3. The Kier molecular flexibility index (Phi) is 5.74. The molecule has 0 aromatic rings. The lowest BCUT2D eigenvalue weighted by Gasteiger charge is -2.26. The third kappa shape index (κ3) is 5.14. The van der Waals surface area contributed by atoms with Crippen molar-refractivity contribution in [2.24, 2.45) is 11.3 Å². The van der Waals surface area contributed by atoms with E-state index in [-0.39, 0.29) is 11.2 Å². The summed E-state index contributed by atoms with van der Waals surface area (Å²) in [5, 5.41) is 0. The van der Waals surface area contributed by atoms with Crippen LogP contribution < -0.4 is 4.72 Å². The van der Waals surface area contributed by atoms with Crippen LogP contribution in [0.4, 0.5) is 0 Å². The largest absolute Gasteiger partial charge is 0.215 e. The van der Waals surface area contributed by atoms with Crippen molar-refractivity contribution < 1.29 is 8.42 Å². The molecule has 1 fully saturated rings. The second-order valence-electron chi connectivity index (χ2n) is 5.66. The molecule has 1 aliphatic rings. The summed E-state index contributed by atoms with van der Waals surface area (Å²) in [7, 11) is -3.12. The number of hydrogen-bond acceptors (Lipinski definition) is 2. The van der Waals surface area contributed by atoms with Crippen molar-refractivity contribution in [2.75, 3.05) is 18.2 Å². The van der Waals surface area contributed by atoms with Crippen molar-refractivity contribution in [3.63, 3.8) is 0 Å². The SMILES string of the molecule is CC(C)CCS(=O)(=O)NCC1(CCl)CCCC1. The molecule has 0 aliphatic heterocycles. The number of alkyl halides is 1. The zero-order valence-corrected chi connectivity index (χ0v) is 12.4. The summed E-state index contributed by atoms with van der Waals surface area (Å²) >= 11 is 5.99. The molecule has 1 aliphatic carbocycles. The summed E-state index contributed by atoms with van der Waals surface area (Å²) in [4.78, 5) is 0. The maximum Gasteiger partial charge on any atom is 0.211 e. The summed E-state index contributed by atoms with van der Waals surface area (Å²) in [6.07, 6.45) is 5.14. The first-order valence-electron chi connectivity index (χ1n) is 6.42. The van der Waals surface area contributed by atoms with E-state index in [1.807, 2.05) is 13.8 Å². The minimum atomic E-state index is -3.12. The van der Waals surface area contributed by atoms with Crippen molar-refractivity contribution in [1.29, 1.82) is 0 Å². The van der Waals surface area contributed by atoms with Crippen LogP contribution in [-0.4, -0.2) is 26.6 Å². The van der Waals surface area contributed by atoms with Crippen molar-refractivity contribution in [3.8, 4) is 0 Å². The normalized spacial score (nSPS) is 20.0. The van der Waals surface area contributed by atoms with Crippen LogP contribution in [0.25, 0.3) is 0 Å². The predicted molar refractivity (Wildman–Crippen MR) is 72.9 cm³/mol. The van der Waals surface area contributed by atoms with Gasteiger partial charge < -0.3 is 0 Å². The average molecular weight is 282 g/mol. The monoisotopic (exact) mass is 281 g/mol. The lowest BCUT2D eigenvalue weighted by molar-refractivity contribution is 0.342. The molecule has 17 heavy (non-hydrogen) atoms. The molecule has 0 heterocycles. The van der Waals surface area contributed by atoms with Gasteiger partial charge in [0.05, 0.1) is 5.75 Å². The first-order chi connectivity index (χ1) is 7.89. The van der Waals surface area contributed by atoms with E-state index in [1.165, 1.54) is 12.8 Å². The van der Waals surface area contributed by atoms with E-state index < -0.39 is 10.0 Å². The Morgan fingerprint density at radius 1 is 1.29 bits per heavy atom. The third-order valence-electron chi connectivity index (χ3n) is 3.58. The molecule has 5 heteroatoms. The quantitative estimate of drug-likeness (QED) is 0.730. The van der Waals surface area contributed by atoms with Gasteiger partial charge in [-0.2, -0.15) is 0 Å². The van der Waals surface area contributed by atoms with Crippen LogP contribution in [-0.2, 0) is 10.0 Å². The first-order valence-corrected chi connectivity index (χ1v) is 8.61. The van der Waals surface area contributed by atoms with E-state index in [0.717, 1.165) is 12.8 Å². The minimum absolute atomic E-state index is 0.00641. The van der Waals surface area contributed by atoms with Crippen LogP contribution >= 0.6 is 11.6 Å². The van der Waals surface area contributed by atoms with Gasteiger partial charge in [0.15, 0.2) is 0 Å². The van der Waals surface area contributed by atoms with E-state index in [1.54, 1.807) is 0 Å². The molecule has 1 N–H and O–H groups in total. The number of rotatable bonds is 7. The molecule has 0 atom stereocenters. The standard InChI is InChI=1S/C12H24ClNO2S/c1-11(2)5-8-17(15,16)14-10-12(9-13)6-3-4-7-12/h11,14H,3-10H2,1-2H3. The fourth-order valence-electron chi connectivity index (χ4n) is 2.21. The van der Waals surface area contributed by atoms with Crippen LogP contribution in [0.3, 0.4) is 0 Å². The van der Waals surface area contributed by atoms with Gasteiger partial charge in [-0.25, -0.2) is 13.1 Å². The van der Waals surface area contributed by atoms with Gasteiger partial charge in [-0.05, 0) is 30.6 Å². The number of hydrogen-bond donors (Lipinski definition) is 1.